The molecule has 0 saturated carbocycles. The number of benzene rings is 1. The van der Waals surface area contributed by atoms with E-state index in [-0.39, 0.29) is 0 Å². The SMILES string of the molecule is COc1ccc(CN2CCCCC[C@H]2c2ccc(C)s2)c(OC)c1. The molecular weight excluding hydrogens is 318 g/mol. The Morgan fingerprint density at radius 1 is 1.08 bits per heavy atom. The van der Waals surface area contributed by atoms with Gasteiger partial charge >= 0.3 is 0 Å². The zero-order valence-corrected chi connectivity index (χ0v) is 15.7. The molecule has 3 rings (SSSR count). The monoisotopic (exact) mass is 345 g/mol. The van der Waals surface area contributed by atoms with E-state index in [1.807, 2.05) is 23.5 Å². The minimum Gasteiger partial charge on any atom is -0.497 e. The van der Waals surface area contributed by atoms with E-state index in [0.29, 0.717) is 6.04 Å². The minimum atomic E-state index is 0.526. The van der Waals surface area contributed by atoms with Gasteiger partial charge in [0.15, 0.2) is 0 Å². The summed E-state index contributed by atoms with van der Waals surface area (Å²) in [4.78, 5) is 5.53. The molecule has 1 atom stereocenters. The number of likely N-dealkylation sites (tertiary alicyclic amines) is 1. The maximum Gasteiger partial charge on any atom is 0.127 e. The molecule has 0 unspecified atom stereocenters. The maximum atomic E-state index is 5.60. The van der Waals surface area contributed by atoms with Crippen LogP contribution in [0.3, 0.4) is 0 Å². The molecule has 3 nitrogen and oxygen atoms in total. The zero-order chi connectivity index (χ0) is 16.9. The lowest BCUT2D eigenvalue weighted by molar-refractivity contribution is 0.193. The topological polar surface area (TPSA) is 21.7 Å². The normalized spacial score (nSPS) is 19.0. The first-order valence-corrected chi connectivity index (χ1v) is 9.54. The highest BCUT2D eigenvalue weighted by Crippen LogP contribution is 2.36. The van der Waals surface area contributed by atoms with E-state index in [1.165, 1.54) is 41.0 Å². The predicted octanol–water partition coefficient (Wildman–Crippen LogP) is 5.19. The molecule has 4 heteroatoms. The highest BCUT2D eigenvalue weighted by atomic mass is 32.1. The molecule has 0 radical (unpaired) electrons. The Hall–Kier alpha value is -1.52. The second-order valence-corrected chi connectivity index (χ2v) is 7.78. The van der Waals surface area contributed by atoms with Crippen molar-refractivity contribution in [3.63, 3.8) is 0 Å². The van der Waals surface area contributed by atoms with E-state index in [9.17, 15) is 0 Å². The molecule has 2 aromatic rings. The summed E-state index contributed by atoms with van der Waals surface area (Å²) in [6, 6.07) is 11.2. The van der Waals surface area contributed by atoms with Crippen LogP contribution in [0.15, 0.2) is 30.3 Å². The average Bonchev–Trinajstić information content (AvgIpc) is 2.90. The van der Waals surface area contributed by atoms with E-state index in [4.69, 9.17) is 9.47 Å². The van der Waals surface area contributed by atoms with Crippen molar-refractivity contribution < 1.29 is 9.47 Å². The number of hydrogen-bond acceptors (Lipinski definition) is 4. The van der Waals surface area contributed by atoms with Crippen molar-refractivity contribution in [1.82, 2.24) is 4.90 Å². The molecule has 1 aliphatic rings. The zero-order valence-electron chi connectivity index (χ0n) is 14.9. The van der Waals surface area contributed by atoms with Crippen molar-refractivity contribution in [3.05, 3.63) is 45.6 Å². The first-order chi connectivity index (χ1) is 11.7. The number of aryl methyl sites for hydroxylation is 1. The molecule has 0 bridgehead atoms. The van der Waals surface area contributed by atoms with Crippen molar-refractivity contribution in [3.8, 4) is 11.5 Å². The molecule has 0 spiro atoms. The first-order valence-electron chi connectivity index (χ1n) is 8.72. The lowest BCUT2D eigenvalue weighted by atomic mass is 10.1. The average molecular weight is 346 g/mol. The molecular formula is C20H27NO2S. The third kappa shape index (κ3) is 3.93. The molecule has 1 aromatic carbocycles. The summed E-state index contributed by atoms with van der Waals surface area (Å²) in [5.74, 6) is 1.76. The van der Waals surface area contributed by atoms with Gasteiger partial charge in [-0.25, -0.2) is 0 Å². The van der Waals surface area contributed by atoms with E-state index in [0.717, 1.165) is 24.6 Å². The highest BCUT2D eigenvalue weighted by Gasteiger charge is 2.24. The van der Waals surface area contributed by atoms with Crippen LogP contribution in [-0.2, 0) is 6.54 Å². The van der Waals surface area contributed by atoms with Gasteiger partial charge in [0.1, 0.15) is 11.5 Å². The second-order valence-electron chi connectivity index (χ2n) is 6.46. The molecule has 0 N–H and O–H groups in total. The Bertz CT molecular complexity index is 667. The Kier molecular flexibility index (Phi) is 5.80. The quantitative estimate of drug-likeness (QED) is 0.744. The number of rotatable bonds is 5. The summed E-state index contributed by atoms with van der Waals surface area (Å²) in [5.41, 5.74) is 1.23. The van der Waals surface area contributed by atoms with Crippen LogP contribution < -0.4 is 9.47 Å². The van der Waals surface area contributed by atoms with Gasteiger partial charge in [-0.3, -0.25) is 4.90 Å². The fourth-order valence-electron chi connectivity index (χ4n) is 3.51. The Morgan fingerprint density at radius 2 is 1.96 bits per heavy atom. The van der Waals surface area contributed by atoms with Crippen molar-refractivity contribution in [2.75, 3.05) is 20.8 Å². The third-order valence-electron chi connectivity index (χ3n) is 4.82. The van der Waals surface area contributed by atoms with E-state index < -0.39 is 0 Å². The molecule has 24 heavy (non-hydrogen) atoms. The Labute approximate surface area is 149 Å². The molecule has 0 aliphatic carbocycles. The van der Waals surface area contributed by atoms with Gasteiger partial charge in [-0.15, -0.1) is 11.3 Å². The summed E-state index contributed by atoms with van der Waals surface area (Å²) in [6.45, 7) is 4.27. The van der Waals surface area contributed by atoms with Crippen LogP contribution in [0.1, 0.15) is 47.0 Å². The molecule has 130 valence electrons. The number of hydrogen-bond donors (Lipinski definition) is 0. The van der Waals surface area contributed by atoms with Crippen LogP contribution in [0.25, 0.3) is 0 Å². The maximum absolute atomic E-state index is 5.60. The van der Waals surface area contributed by atoms with Gasteiger partial charge in [0, 0.05) is 34.0 Å². The van der Waals surface area contributed by atoms with Crippen LogP contribution in [0.4, 0.5) is 0 Å². The van der Waals surface area contributed by atoms with Gasteiger partial charge in [0.2, 0.25) is 0 Å². The number of nitrogens with zero attached hydrogens (tertiary/aromatic N) is 1. The second kappa shape index (κ2) is 8.04. The van der Waals surface area contributed by atoms with Crippen molar-refractivity contribution in [1.29, 1.82) is 0 Å². The molecule has 1 fully saturated rings. The van der Waals surface area contributed by atoms with Gasteiger partial charge in [-0.05, 0) is 44.5 Å². The standard InChI is InChI=1S/C20H27NO2S/c1-15-8-11-20(24-15)18-7-5-4-6-12-21(18)14-16-9-10-17(22-2)13-19(16)23-3/h8-11,13,18H,4-7,12,14H2,1-3H3/t18-/m0/s1. The van der Waals surface area contributed by atoms with Crippen LogP contribution in [0.5, 0.6) is 11.5 Å². The smallest absolute Gasteiger partial charge is 0.127 e. The number of methoxy groups -OCH3 is 2. The number of thiophene rings is 1. The van der Waals surface area contributed by atoms with Gasteiger partial charge in [-0.1, -0.05) is 18.9 Å². The number of ether oxygens (including phenoxy) is 2. The van der Waals surface area contributed by atoms with Crippen molar-refractivity contribution >= 4 is 11.3 Å². The van der Waals surface area contributed by atoms with Crippen LogP contribution in [-0.4, -0.2) is 25.7 Å². The first kappa shape index (κ1) is 17.3. The summed E-state index contributed by atoms with van der Waals surface area (Å²) in [6.07, 6.45) is 5.17. The Balaban J connectivity index is 1.85. The van der Waals surface area contributed by atoms with Crippen molar-refractivity contribution in [2.45, 2.75) is 45.2 Å². The highest BCUT2D eigenvalue weighted by molar-refractivity contribution is 7.12. The van der Waals surface area contributed by atoms with E-state index >= 15 is 0 Å². The molecule has 2 heterocycles. The lowest BCUT2D eigenvalue weighted by Crippen LogP contribution is -2.27. The summed E-state index contributed by atoms with van der Waals surface area (Å²) in [5, 5.41) is 0. The van der Waals surface area contributed by atoms with Gasteiger partial charge in [0.05, 0.1) is 14.2 Å². The summed E-state index contributed by atoms with van der Waals surface area (Å²) >= 11 is 1.94. The molecule has 1 saturated heterocycles. The molecule has 0 amide bonds. The van der Waals surface area contributed by atoms with Crippen molar-refractivity contribution in [2.24, 2.45) is 0 Å². The minimum absolute atomic E-state index is 0.526. The fourth-order valence-corrected chi connectivity index (χ4v) is 4.56. The predicted molar refractivity (Wildman–Crippen MR) is 100 cm³/mol. The van der Waals surface area contributed by atoms with Gasteiger partial charge < -0.3 is 9.47 Å². The molecule has 1 aromatic heterocycles. The van der Waals surface area contributed by atoms with Crippen LogP contribution >= 0.6 is 11.3 Å². The van der Waals surface area contributed by atoms with Crippen LogP contribution in [0, 0.1) is 6.92 Å². The molecule has 1 aliphatic heterocycles. The fraction of sp³-hybridized carbons (Fsp3) is 0.500. The Morgan fingerprint density at radius 3 is 2.67 bits per heavy atom. The lowest BCUT2D eigenvalue weighted by Gasteiger charge is -2.30. The van der Waals surface area contributed by atoms with Crippen LogP contribution in [0.2, 0.25) is 0 Å². The van der Waals surface area contributed by atoms with E-state index in [2.05, 4.69) is 30.0 Å². The van der Waals surface area contributed by atoms with Gasteiger partial charge in [0.25, 0.3) is 0 Å². The largest absolute Gasteiger partial charge is 0.497 e. The van der Waals surface area contributed by atoms with Gasteiger partial charge in [-0.2, -0.15) is 0 Å². The third-order valence-corrected chi connectivity index (χ3v) is 5.92. The summed E-state index contributed by atoms with van der Waals surface area (Å²) in [7, 11) is 3.43. The summed E-state index contributed by atoms with van der Waals surface area (Å²) < 4.78 is 10.9. The van der Waals surface area contributed by atoms with E-state index in [1.54, 1.807) is 14.2 Å².